The smallest absolute Gasteiger partial charge is 0.340 e. The first-order chi connectivity index (χ1) is 12.4. The SMILES string of the molecule is Cc1c(CC(=O)[O-])c(=O)oc2c(C)c(OCc3ccccc3Cl)ccc12. The summed E-state index contributed by atoms with van der Waals surface area (Å²) in [4.78, 5) is 23.0. The first kappa shape index (κ1) is 18.0. The molecule has 0 N–H and O–H groups in total. The third-order valence-electron chi connectivity index (χ3n) is 4.32. The molecule has 3 rings (SSSR count). The highest BCUT2D eigenvalue weighted by Gasteiger charge is 2.15. The first-order valence-corrected chi connectivity index (χ1v) is 8.38. The van der Waals surface area contributed by atoms with Gasteiger partial charge >= 0.3 is 5.63 Å². The molecule has 0 saturated carbocycles. The summed E-state index contributed by atoms with van der Waals surface area (Å²) in [5.41, 5.74) is 1.88. The predicted molar refractivity (Wildman–Crippen MR) is 96.5 cm³/mol. The van der Waals surface area contributed by atoms with E-state index in [9.17, 15) is 14.7 Å². The van der Waals surface area contributed by atoms with Crippen molar-refractivity contribution in [3.63, 3.8) is 0 Å². The van der Waals surface area contributed by atoms with E-state index in [1.54, 1.807) is 32.0 Å². The molecule has 3 aromatic rings. The summed E-state index contributed by atoms with van der Waals surface area (Å²) in [6.45, 7) is 3.75. The zero-order valence-electron chi connectivity index (χ0n) is 14.3. The van der Waals surface area contributed by atoms with Gasteiger partial charge in [0.25, 0.3) is 0 Å². The lowest BCUT2D eigenvalue weighted by atomic mass is 10.0. The summed E-state index contributed by atoms with van der Waals surface area (Å²) in [5, 5.41) is 12.1. The second kappa shape index (κ2) is 7.22. The molecule has 0 spiro atoms. The van der Waals surface area contributed by atoms with Crippen molar-refractivity contribution < 1.29 is 19.1 Å². The summed E-state index contributed by atoms with van der Waals surface area (Å²) >= 11 is 6.13. The Morgan fingerprint density at radius 2 is 1.88 bits per heavy atom. The molecule has 0 aliphatic carbocycles. The molecule has 1 heterocycles. The number of hydrogen-bond donors (Lipinski definition) is 0. The van der Waals surface area contributed by atoms with Gasteiger partial charge in [0.2, 0.25) is 0 Å². The Kier molecular flexibility index (Phi) is 5.00. The van der Waals surface area contributed by atoms with E-state index >= 15 is 0 Å². The van der Waals surface area contributed by atoms with Gasteiger partial charge in [-0.25, -0.2) is 4.79 Å². The van der Waals surface area contributed by atoms with Crippen LogP contribution in [0.3, 0.4) is 0 Å². The summed E-state index contributed by atoms with van der Waals surface area (Å²) in [5.74, 6) is -0.760. The van der Waals surface area contributed by atoms with Gasteiger partial charge in [0.15, 0.2) is 0 Å². The molecular formula is C20H16ClO5-. The van der Waals surface area contributed by atoms with Crippen LogP contribution in [0.4, 0.5) is 0 Å². The molecule has 5 nitrogen and oxygen atoms in total. The molecule has 26 heavy (non-hydrogen) atoms. The number of carboxylic acid groups (broad SMARTS) is 1. The number of hydrogen-bond acceptors (Lipinski definition) is 5. The van der Waals surface area contributed by atoms with Gasteiger partial charge in [0, 0.05) is 39.5 Å². The topological polar surface area (TPSA) is 79.6 Å². The molecule has 6 heteroatoms. The lowest BCUT2D eigenvalue weighted by Crippen LogP contribution is -2.27. The Hall–Kier alpha value is -2.79. The van der Waals surface area contributed by atoms with E-state index in [2.05, 4.69) is 0 Å². The maximum absolute atomic E-state index is 12.2. The third-order valence-corrected chi connectivity index (χ3v) is 4.68. The summed E-state index contributed by atoms with van der Waals surface area (Å²) < 4.78 is 11.2. The van der Waals surface area contributed by atoms with Crippen molar-refractivity contribution in [2.24, 2.45) is 0 Å². The van der Waals surface area contributed by atoms with Crippen LogP contribution in [0.2, 0.25) is 5.02 Å². The predicted octanol–water partition coefficient (Wildman–Crippen LogP) is 2.93. The van der Waals surface area contributed by atoms with Crippen LogP contribution >= 0.6 is 11.6 Å². The highest BCUT2D eigenvalue weighted by atomic mass is 35.5. The number of carboxylic acids is 1. The number of aliphatic carboxylic acids is 1. The fourth-order valence-corrected chi connectivity index (χ4v) is 3.04. The number of rotatable bonds is 5. The third kappa shape index (κ3) is 3.44. The second-order valence-electron chi connectivity index (χ2n) is 5.99. The maximum Gasteiger partial charge on any atom is 0.340 e. The molecule has 0 radical (unpaired) electrons. The Labute approximate surface area is 154 Å². The van der Waals surface area contributed by atoms with Gasteiger partial charge in [-0.2, -0.15) is 0 Å². The van der Waals surface area contributed by atoms with Gasteiger partial charge < -0.3 is 19.1 Å². The largest absolute Gasteiger partial charge is 0.550 e. The van der Waals surface area contributed by atoms with Crippen LogP contribution in [0.15, 0.2) is 45.6 Å². The average molecular weight is 372 g/mol. The Morgan fingerprint density at radius 3 is 2.58 bits per heavy atom. The zero-order valence-corrected chi connectivity index (χ0v) is 15.1. The molecule has 0 saturated heterocycles. The molecule has 0 aliphatic heterocycles. The number of fused-ring (bicyclic) bond motifs is 1. The molecule has 0 fully saturated rings. The fraction of sp³-hybridized carbons (Fsp3) is 0.200. The van der Waals surface area contributed by atoms with Crippen molar-refractivity contribution >= 4 is 28.5 Å². The van der Waals surface area contributed by atoms with Gasteiger partial charge in [-0.15, -0.1) is 0 Å². The molecule has 1 aromatic heterocycles. The van der Waals surface area contributed by atoms with Crippen LogP contribution in [0.1, 0.15) is 22.3 Å². The lowest BCUT2D eigenvalue weighted by Gasteiger charge is -2.14. The minimum absolute atomic E-state index is 0.0987. The number of aryl methyl sites for hydroxylation is 2. The molecule has 0 atom stereocenters. The molecule has 0 aliphatic rings. The van der Waals surface area contributed by atoms with E-state index in [-0.39, 0.29) is 12.2 Å². The quantitative estimate of drug-likeness (QED) is 0.644. The van der Waals surface area contributed by atoms with Crippen LogP contribution in [0.25, 0.3) is 11.0 Å². The fourth-order valence-electron chi connectivity index (χ4n) is 2.85. The second-order valence-corrected chi connectivity index (χ2v) is 6.39. The average Bonchev–Trinajstić information content (AvgIpc) is 2.60. The maximum atomic E-state index is 12.2. The number of carbonyl (C=O) groups excluding carboxylic acids is 1. The summed E-state index contributed by atoms with van der Waals surface area (Å²) in [7, 11) is 0. The van der Waals surface area contributed by atoms with Crippen LogP contribution in [-0.2, 0) is 17.8 Å². The monoisotopic (exact) mass is 371 g/mol. The molecule has 0 bridgehead atoms. The van der Waals surface area contributed by atoms with Crippen molar-refractivity contribution in [2.45, 2.75) is 26.9 Å². The zero-order chi connectivity index (χ0) is 18.8. The van der Waals surface area contributed by atoms with Crippen molar-refractivity contribution in [3.8, 4) is 5.75 Å². The molecule has 0 unspecified atom stereocenters. The first-order valence-electron chi connectivity index (χ1n) is 8.00. The summed E-state index contributed by atoms with van der Waals surface area (Å²) in [6.07, 6.45) is -0.478. The Bertz CT molecular complexity index is 1050. The van der Waals surface area contributed by atoms with Gasteiger partial charge in [-0.3, -0.25) is 0 Å². The molecule has 0 amide bonds. The van der Waals surface area contributed by atoms with Gasteiger partial charge in [0.1, 0.15) is 17.9 Å². The number of ether oxygens (including phenoxy) is 1. The molecular weight excluding hydrogens is 356 g/mol. The van der Waals surface area contributed by atoms with Crippen molar-refractivity contribution in [2.75, 3.05) is 0 Å². The van der Waals surface area contributed by atoms with E-state index in [1.165, 1.54) is 0 Å². The van der Waals surface area contributed by atoms with Crippen LogP contribution in [-0.4, -0.2) is 5.97 Å². The van der Waals surface area contributed by atoms with Crippen molar-refractivity contribution in [1.29, 1.82) is 0 Å². The minimum Gasteiger partial charge on any atom is -0.550 e. The van der Waals surface area contributed by atoms with Crippen LogP contribution in [0.5, 0.6) is 5.75 Å². The van der Waals surface area contributed by atoms with E-state index in [0.29, 0.717) is 32.9 Å². The number of benzene rings is 2. The van der Waals surface area contributed by atoms with E-state index < -0.39 is 18.0 Å². The highest BCUT2D eigenvalue weighted by molar-refractivity contribution is 6.31. The number of halogens is 1. The van der Waals surface area contributed by atoms with Crippen molar-refractivity contribution in [1.82, 2.24) is 0 Å². The van der Waals surface area contributed by atoms with Crippen LogP contribution < -0.4 is 15.5 Å². The van der Waals surface area contributed by atoms with Gasteiger partial charge in [-0.1, -0.05) is 29.8 Å². The van der Waals surface area contributed by atoms with E-state index in [4.69, 9.17) is 20.8 Å². The Balaban J connectivity index is 1.99. The van der Waals surface area contributed by atoms with Crippen LogP contribution in [0, 0.1) is 13.8 Å². The lowest BCUT2D eigenvalue weighted by molar-refractivity contribution is -0.304. The molecule has 134 valence electrons. The normalized spacial score (nSPS) is 10.9. The Morgan fingerprint density at radius 1 is 1.15 bits per heavy atom. The highest BCUT2D eigenvalue weighted by Crippen LogP contribution is 2.30. The summed E-state index contributed by atoms with van der Waals surface area (Å²) in [6, 6.07) is 10.9. The van der Waals surface area contributed by atoms with E-state index in [1.807, 2.05) is 18.2 Å². The van der Waals surface area contributed by atoms with Gasteiger partial charge in [0.05, 0.1) is 0 Å². The van der Waals surface area contributed by atoms with Gasteiger partial charge in [-0.05, 0) is 37.6 Å². The minimum atomic E-state index is -1.32. The molecule has 2 aromatic carbocycles. The standard InChI is InChI=1S/C20H17ClO5/c1-11-14-7-8-17(25-10-13-5-3-4-6-16(13)21)12(2)19(14)26-20(24)15(11)9-18(22)23/h3-8H,9-10H2,1-2H3,(H,22,23)/p-1. The van der Waals surface area contributed by atoms with Crippen molar-refractivity contribution in [3.05, 3.63) is 74.1 Å². The van der Waals surface area contributed by atoms with E-state index in [0.717, 1.165) is 5.56 Å². The number of carbonyl (C=O) groups is 1.